The van der Waals surface area contributed by atoms with Crippen LogP contribution in [0.4, 0.5) is 5.69 Å². The van der Waals surface area contributed by atoms with E-state index in [4.69, 9.17) is 0 Å². The average molecular weight is 625 g/mol. The Hall–Kier alpha value is -4.44. The van der Waals surface area contributed by atoms with Gasteiger partial charge in [-0.2, -0.15) is 0 Å². The number of ketones is 1. The molecule has 2 aliphatic carbocycles. The largest absolute Gasteiger partial charge is 0.378 e. The molecule has 0 aromatic heterocycles. The monoisotopic (exact) mass is 624 g/mol. The van der Waals surface area contributed by atoms with Gasteiger partial charge in [-0.25, -0.2) is 0 Å². The van der Waals surface area contributed by atoms with Crippen molar-refractivity contribution in [2.24, 2.45) is 11.8 Å². The minimum Gasteiger partial charge on any atom is -0.378 e. The van der Waals surface area contributed by atoms with E-state index >= 15 is 0 Å². The summed E-state index contributed by atoms with van der Waals surface area (Å²) in [6.45, 7) is 9.22. The Morgan fingerprint density at radius 3 is 2.43 bits per heavy atom. The maximum atomic E-state index is 13.8. The molecule has 0 spiro atoms. The maximum Gasteiger partial charge on any atom is 0.251 e. The van der Waals surface area contributed by atoms with Crippen LogP contribution in [0.15, 0.2) is 103 Å². The summed E-state index contributed by atoms with van der Waals surface area (Å²) in [7, 11) is 0. The number of nitrogens with one attached hydrogen (secondary N) is 2. The van der Waals surface area contributed by atoms with Gasteiger partial charge in [-0.05, 0) is 122 Å². The van der Waals surface area contributed by atoms with Crippen LogP contribution in [0.2, 0.25) is 0 Å². The van der Waals surface area contributed by atoms with Crippen molar-refractivity contribution in [2.45, 2.75) is 78.2 Å². The molecule has 2 N–H and O–H groups in total. The van der Waals surface area contributed by atoms with Crippen LogP contribution < -0.4 is 10.6 Å². The van der Waals surface area contributed by atoms with Gasteiger partial charge in [0.05, 0.1) is 0 Å². The van der Waals surface area contributed by atoms with E-state index in [1.165, 1.54) is 39.0 Å². The number of hydrogen-bond acceptors (Lipinski definition) is 3. The first-order valence-electron chi connectivity index (χ1n) is 17.4. The molecule has 4 nitrogen and oxygen atoms in total. The van der Waals surface area contributed by atoms with Crippen molar-refractivity contribution in [3.05, 3.63) is 136 Å². The molecule has 0 saturated heterocycles. The lowest BCUT2D eigenvalue weighted by Gasteiger charge is -2.31. The van der Waals surface area contributed by atoms with E-state index in [0.29, 0.717) is 24.8 Å². The van der Waals surface area contributed by atoms with Crippen molar-refractivity contribution in [3.8, 4) is 0 Å². The fourth-order valence-electron chi connectivity index (χ4n) is 7.46. The zero-order chi connectivity index (χ0) is 32.9. The van der Waals surface area contributed by atoms with Gasteiger partial charge in [0.25, 0.3) is 5.91 Å². The molecule has 3 aromatic rings. The molecule has 0 fully saturated rings. The van der Waals surface area contributed by atoms with Crippen molar-refractivity contribution in [2.75, 3.05) is 11.9 Å². The molecule has 4 unspecified atom stereocenters. The third-order valence-corrected chi connectivity index (χ3v) is 10.5. The minimum atomic E-state index is -0.00279. The van der Waals surface area contributed by atoms with E-state index in [1.807, 2.05) is 18.2 Å². The van der Waals surface area contributed by atoms with E-state index in [9.17, 15) is 9.59 Å². The van der Waals surface area contributed by atoms with Crippen LogP contribution in [0.25, 0.3) is 11.1 Å². The van der Waals surface area contributed by atoms with E-state index in [0.717, 1.165) is 48.9 Å². The molecule has 3 aliphatic rings. The number of carbonyl (C=O) groups is 2. The second-order valence-electron chi connectivity index (χ2n) is 13.8. The highest BCUT2D eigenvalue weighted by Crippen LogP contribution is 2.41. The molecule has 4 heteroatoms. The van der Waals surface area contributed by atoms with Crippen LogP contribution in [-0.2, 0) is 22.4 Å². The van der Waals surface area contributed by atoms with Crippen LogP contribution in [0, 0.1) is 18.8 Å². The van der Waals surface area contributed by atoms with Crippen molar-refractivity contribution >= 4 is 28.5 Å². The second-order valence-corrected chi connectivity index (χ2v) is 13.8. The molecule has 1 amide bonds. The summed E-state index contributed by atoms with van der Waals surface area (Å²) < 4.78 is 0. The lowest BCUT2D eigenvalue weighted by molar-refractivity contribution is -0.116. The summed E-state index contributed by atoms with van der Waals surface area (Å²) >= 11 is 0. The van der Waals surface area contributed by atoms with Gasteiger partial charge in [-0.3, -0.25) is 9.59 Å². The third kappa shape index (κ3) is 7.59. The van der Waals surface area contributed by atoms with Gasteiger partial charge in [0.2, 0.25) is 0 Å². The predicted molar refractivity (Wildman–Crippen MR) is 195 cm³/mol. The zero-order valence-corrected chi connectivity index (χ0v) is 28.3. The fraction of sp³-hybridized carbons (Fsp3) is 0.349. The smallest absolute Gasteiger partial charge is 0.251 e. The highest BCUT2D eigenvalue weighted by molar-refractivity contribution is 6.20. The first-order chi connectivity index (χ1) is 22.8. The Morgan fingerprint density at radius 1 is 0.894 bits per heavy atom. The lowest BCUT2D eigenvalue weighted by Crippen LogP contribution is -2.32. The maximum absolute atomic E-state index is 13.8. The molecule has 1 aliphatic heterocycles. The van der Waals surface area contributed by atoms with Crippen LogP contribution in [0.3, 0.4) is 0 Å². The number of allylic oxidation sites excluding steroid dienone is 5. The Bertz CT molecular complexity index is 1760. The third-order valence-electron chi connectivity index (χ3n) is 10.5. The van der Waals surface area contributed by atoms with Gasteiger partial charge in [0.15, 0.2) is 5.78 Å². The number of carbonyl (C=O) groups excluding carboxylic acids is 2. The summed E-state index contributed by atoms with van der Waals surface area (Å²) in [5.41, 5.74) is 11.8. The SMILES string of the molecule is CC1=C(CNC(=O)C2=CC(C)C(CCc3ccc(CCC4C=CC=CC(=O)CC4)cc3)c3ccccc32)c2cc(C)ccc2NC1C. The average Bonchev–Trinajstić information content (AvgIpc) is 3.06. The Kier molecular flexibility index (Phi) is 10.1. The highest BCUT2D eigenvalue weighted by atomic mass is 16.1. The van der Waals surface area contributed by atoms with Crippen molar-refractivity contribution in [1.82, 2.24) is 5.32 Å². The van der Waals surface area contributed by atoms with E-state index in [-0.39, 0.29) is 23.7 Å². The van der Waals surface area contributed by atoms with Gasteiger partial charge in [0.1, 0.15) is 0 Å². The van der Waals surface area contributed by atoms with Crippen LogP contribution in [0.5, 0.6) is 0 Å². The van der Waals surface area contributed by atoms with Crippen LogP contribution >= 0.6 is 0 Å². The van der Waals surface area contributed by atoms with Gasteiger partial charge < -0.3 is 10.6 Å². The molecule has 6 rings (SSSR count). The van der Waals surface area contributed by atoms with Crippen molar-refractivity contribution in [1.29, 1.82) is 0 Å². The summed E-state index contributed by atoms with van der Waals surface area (Å²) in [4.78, 5) is 25.6. The molecule has 1 heterocycles. The number of benzene rings is 3. The number of hydrogen-bond donors (Lipinski definition) is 2. The highest BCUT2D eigenvalue weighted by Gasteiger charge is 2.30. The molecule has 0 bridgehead atoms. The van der Waals surface area contributed by atoms with Gasteiger partial charge >= 0.3 is 0 Å². The summed E-state index contributed by atoms with van der Waals surface area (Å²) in [6, 6.07) is 24.3. The normalized spacial score (nSPS) is 22.0. The lowest BCUT2D eigenvalue weighted by atomic mass is 9.74. The van der Waals surface area contributed by atoms with Gasteiger partial charge in [-0.1, -0.05) is 91.4 Å². The number of aryl methyl sites for hydroxylation is 3. The fourth-order valence-corrected chi connectivity index (χ4v) is 7.46. The van der Waals surface area contributed by atoms with Crippen LogP contribution in [-0.4, -0.2) is 24.3 Å². The second kappa shape index (κ2) is 14.5. The molecular weight excluding hydrogens is 576 g/mol. The molecule has 0 saturated carbocycles. The molecule has 0 radical (unpaired) electrons. The molecule has 47 heavy (non-hydrogen) atoms. The molecule has 3 aromatic carbocycles. The number of anilines is 1. The summed E-state index contributed by atoms with van der Waals surface area (Å²) in [5, 5.41) is 6.89. The first-order valence-corrected chi connectivity index (χ1v) is 17.4. The molecule has 4 atom stereocenters. The first kappa shape index (κ1) is 32.5. The molecule has 242 valence electrons. The Morgan fingerprint density at radius 2 is 1.64 bits per heavy atom. The topological polar surface area (TPSA) is 58.2 Å². The Labute approximate surface area is 280 Å². The number of rotatable bonds is 9. The van der Waals surface area contributed by atoms with Gasteiger partial charge in [0, 0.05) is 35.8 Å². The quantitative estimate of drug-likeness (QED) is 0.250. The number of amides is 1. The predicted octanol–water partition coefficient (Wildman–Crippen LogP) is 9.17. The van der Waals surface area contributed by atoms with Crippen molar-refractivity contribution < 1.29 is 9.59 Å². The standard InChI is InChI=1S/C43H48N2O2/c1-28-13-24-42-39(25-28)41(30(3)31(4)45-42)27-44-43(47)40-26-29(2)36(37-11-7-8-12-38(37)40)23-21-34-18-16-33(17-19-34)15-14-32-9-5-6-10-35(46)22-20-32/h5-13,16-19,24-26,29,31-32,36,45H,14-15,20-23,27H2,1-4H3,(H,44,47). The van der Waals surface area contributed by atoms with E-state index < -0.39 is 0 Å². The zero-order valence-electron chi connectivity index (χ0n) is 28.3. The molecular formula is C43H48N2O2. The van der Waals surface area contributed by atoms with E-state index in [1.54, 1.807) is 6.08 Å². The minimum absolute atomic E-state index is 0.00279. The van der Waals surface area contributed by atoms with Crippen LogP contribution in [0.1, 0.15) is 85.8 Å². The summed E-state index contributed by atoms with van der Waals surface area (Å²) in [6.07, 6.45) is 15.7. The Balaban J connectivity index is 1.09. The van der Waals surface area contributed by atoms with E-state index in [2.05, 4.69) is 111 Å². The summed E-state index contributed by atoms with van der Waals surface area (Å²) in [5.74, 6) is 1.29. The van der Waals surface area contributed by atoms with Crippen molar-refractivity contribution in [3.63, 3.8) is 0 Å². The van der Waals surface area contributed by atoms with Gasteiger partial charge in [-0.15, -0.1) is 0 Å². The number of fused-ring (bicyclic) bond motifs is 2.